The number of likely N-dealkylation sites (tertiary alicyclic amines) is 2. The Morgan fingerprint density at radius 3 is 2.73 bits per heavy atom. The van der Waals surface area contributed by atoms with Gasteiger partial charge in [-0.05, 0) is 37.7 Å². The molecule has 1 amide bonds. The zero-order valence-corrected chi connectivity index (χ0v) is 16.8. The minimum absolute atomic E-state index is 0.0209. The van der Waals surface area contributed by atoms with Gasteiger partial charge in [-0.25, -0.2) is 0 Å². The molecule has 0 N–H and O–H groups in total. The van der Waals surface area contributed by atoms with Crippen LogP contribution in [-0.4, -0.2) is 64.1 Å². The van der Waals surface area contributed by atoms with Crippen molar-refractivity contribution in [3.05, 3.63) is 60.6 Å². The molecule has 30 heavy (non-hydrogen) atoms. The van der Waals surface area contributed by atoms with E-state index in [1.165, 1.54) is 0 Å². The molecule has 2 fully saturated rings. The van der Waals surface area contributed by atoms with E-state index in [2.05, 4.69) is 27.1 Å². The average molecular weight is 405 g/mol. The van der Waals surface area contributed by atoms with Gasteiger partial charge in [0.2, 0.25) is 0 Å². The molecule has 3 aromatic rings. The number of hydrogen-bond acceptors (Lipinski definition) is 7. The first-order chi connectivity index (χ1) is 14.6. The summed E-state index contributed by atoms with van der Waals surface area (Å²) in [4.78, 5) is 25.4. The van der Waals surface area contributed by atoms with Crippen LogP contribution in [0.15, 0.2) is 59.3 Å². The molecule has 154 valence electrons. The first kappa shape index (κ1) is 18.7. The summed E-state index contributed by atoms with van der Waals surface area (Å²) in [6.07, 6.45) is 2.60. The second-order valence-corrected chi connectivity index (χ2v) is 8.16. The Hall–Kier alpha value is -3.26. The summed E-state index contributed by atoms with van der Waals surface area (Å²) in [5.41, 5.74) is 0.749. The van der Waals surface area contributed by atoms with Gasteiger partial charge in [0.15, 0.2) is 12.4 Å². The average Bonchev–Trinajstić information content (AvgIpc) is 3.37. The summed E-state index contributed by atoms with van der Waals surface area (Å²) >= 11 is 0. The van der Waals surface area contributed by atoms with Gasteiger partial charge in [-0.3, -0.25) is 14.7 Å². The smallest absolute Gasteiger partial charge is 0.276 e. The molecule has 5 rings (SSSR count). The molecular formula is C22H23N5O3. The van der Waals surface area contributed by atoms with Gasteiger partial charge in [0.1, 0.15) is 11.4 Å². The van der Waals surface area contributed by atoms with Crippen molar-refractivity contribution in [1.29, 1.82) is 0 Å². The summed E-state index contributed by atoms with van der Waals surface area (Å²) < 4.78 is 11.0. The molecule has 0 aliphatic carbocycles. The Morgan fingerprint density at radius 1 is 1.17 bits per heavy atom. The van der Waals surface area contributed by atoms with Gasteiger partial charge in [0, 0.05) is 31.2 Å². The van der Waals surface area contributed by atoms with Crippen molar-refractivity contribution in [2.45, 2.75) is 12.5 Å². The zero-order valence-electron chi connectivity index (χ0n) is 16.8. The molecule has 2 saturated heterocycles. The van der Waals surface area contributed by atoms with Crippen LogP contribution in [0.25, 0.3) is 11.6 Å². The lowest BCUT2D eigenvalue weighted by Crippen LogP contribution is -2.60. The maximum Gasteiger partial charge on any atom is 0.276 e. The van der Waals surface area contributed by atoms with E-state index in [0.29, 0.717) is 23.2 Å². The molecule has 2 aromatic heterocycles. The third kappa shape index (κ3) is 3.54. The third-order valence-corrected chi connectivity index (χ3v) is 5.88. The molecular weight excluding hydrogens is 382 g/mol. The van der Waals surface area contributed by atoms with Gasteiger partial charge in [-0.2, -0.15) is 4.98 Å². The van der Waals surface area contributed by atoms with E-state index in [9.17, 15) is 4.79 Å². The first-order valence-corrected chi connectivity index (χ1v) is 10.0. The second kappa shape index (κ2) is 7.53. The van der Waals surface area contributed by atoms with Crippen LogP contribution >= 0.6 is 0 Å². The number of amides is 1. The lowest BCUT2D eigenvalue weighted by molar-refractivity contribution is -0.144. The molecule has 0 bridgehead atoms. The maximum atomic E-state index is 12.5. The first-order valence-electron chi connectivity index (χ1n) is 10.0. The number of carbonyl (C=O) groups is 1. The normalized spacial score (nSPS) is 20.3. The van der Waals surface area contributed by atoms with Crippen molar-refractivity contribution < 1.29 is 14.1 Å². The van der Waals surface area contributed by atoms with Crippen molar-refractivity contribution in [3.63, 3.8) is 0 Å². The molecule has 0 saturated carbocycles. The van der Waals surface area contributed by atoms with E-state index < -0.39 is 0 Å². The Kier molecular flexibility index (Phi) is 4.71. The van der Waals surface area contributed by atoms with Crippen molar-refractivity contribution in [3.8, 4) is 17.3 Å². The number of ether oxygens (including phenoxy) is 1. The van der Waals surface area contributed by atoms with Crippen LogP contribution in [0.1, 0.15) is 18.3 Å². The molecule has 1 unspecified atom stereocenters. The van der Waals surface area contributed by atoms with Crippen molar-refractivity contribution in [2.75, 3.05) is 33.3 Å². The van der Waals surface area contributed by atoms with E-state index in [4.69, 9.17) is 9.26 Å². The van der Waals surface area contributed by atoms with E-state index in [1.807, 2.05) is 53.4 Å². The topological polar surface area (TPSA) is 84.6 Å². The number of carbonyl (C=O) groups excluding carboxylic acids is 1. The van der Waals surface area contributed by atoms with Gasteiger partial charge in [0.25, 0.3) is 11.8 Å². The fraction of sp³-hybridized carbons (Fsp3) is 0.364. The number of pyridine rings is 1. The van der Waals surface area contributed by atoms with Gasteiger partial charge < -0.3 is 14.2 Å². The Morgan fingerprint density at radius 2 is 1.97 bits per heavy atom. The van der Waals surface area contributed by atoms with Crippen LogP contribution < -0.4 is 4.74 Å². The standard InChI is InChI=1S/C22H23N5O3/c1-26-13-22(14-27(15-22)19(28)12-29-16-7-3-2-4-8-16)11-18(26)20-24-21(30-25-20)17-9-5-6-10-23-17/h2-10,18H,11-15H2,1H3. The number of rotatable bonds is 5. The van der Waals surface area contributed by atoms with Crippen molar-refractivity contribution in [1.82, 2.24) is 24.9 Å². The lowest BCUT2D eigenvalue weighted by Gasteiger charge is -2.48. The summed E-state index contributed by atoms with van der Waals surface area (Å²) in [5.74, 6) is 1.84. The van der Waals surface area contributed by atoms with Crippen LogP contribution in [-0.2, 0) is 4.79 Å². The van der Waals surface area contributed by atoms with Gasteiger partial charge >= 0.3 is 0 Å². The maximum absolute atomic E-state index is 12.5. The van der Waals surface area contributed by atoms with Crippen LogP contribution in [0.2, 0.25) is 0 Å². The van der Waals surface area contributed by atoms with Crippen LogP contribution in [0.4, 0.5) is 0 Å². The number of para-hydroxylation sites is 1. The molecule has 2 aliphatic rings. The minimum atomic E-state index is 0.0209. The molecule has 8 nitrogen and oxygen atoms in total. The van der Waals surface area contributed by atoms with Crippen LogP contribution in [0.5, 0.6) is 5.75 Å². The van der Waals surface area contributed by atoms with Gasteiger partial charge in [-0.15, -0.1) is 0 Å². The highest BCUT2D eigenvalue weighted by molar-refractivity contribution is 5.78. The predicted octanol–water partition coefficient (Wildman–Crippen LogP) is 2.42. The molecule has 4 heterocycles. The number of benzene rings is 1. The van der Waals surface area contributed by atoms with E-state index in [1.54, 1.807) is 6.20 Å². The fourth-order valence-electron chi connectivity index (χ4n) is 4.44. The van der Waals surface area contributed by atoms with Gasteiger partial charge in [0.05, 0.1) is 6.04 Å². The molecule has 2 aliphatic heterocycles. The largest absolute Gasteiger partial charge is 0.484 e. The molecule has 0 radical (unpaired) electrons. The van der Waals surface area contributed by atoms with E-state index in [0.717, 1.165) is 26.1 Å². The van der Waals surface area contributed by atoms with Crippen LogP contribution in [0.3, 0.4) is 0 Å². The quantitative estimate of drug-likeness (QED) is 0.644. The van der Waals surface area contributed by atoms with E-state index >= 15 is 0 Å². The Bertz CT molecular complexity index is 1020. The summed E-state index contributed by atoms with van der Waals surface area (Å²) in [5, 5.41) is 4.20. The number of nitrogens with zero attached hydrogens (tertiary/aromatic N) is 5. The summed E-state index contributed by atoms with van der Waals surface area (Å²) in [7, 11) is 2.07. The lowest BCUT2D eigenvalue weighted by atomic mass is 9.77. The second-order valence-electron chi connectivity index (χ2n) is 8.16. The monoisotopic (exact) mass is 405 g/mol. The number of aromatic nitrogens is 3. The highest BCUT2D eigenvalue weighted by Gasteiger charge is 2.53. The fourth-order valence-corrected chi connectivity index (χ4v) is 4.44. The Balaban J connectivity index is 1.19. The highest BCUT2D eigenvalue weighted by atomic mass is 16.5. The Labute approximate surface area is 174 Å². The van der Waals surface area contributed by atoms with Crippen LogP contribution in [0, 0.1) is 5.41 Å². The summed E-state index contributed by atoms with van der Waals surface area (Å²) in [6.45, 7) is 2.43. The van der Waals surface area contributed by atoms with E-state index in [-0.39, 0.29) is 24.0 Å². The molecule has 1 aromatic carbocycles. The SMILES string of the molecule is CN1CC2(CC1c1noc(-c3ccccn3)n1)CN(C(=O)COc1ccccc1)C2. The number of hydrogen-bond donors (Lipinski definition) is 0. The molecule has 1 spiro atoms. The molecule has 8 heteroatoms. The third-order valence-electron chi connectivity index (χ3n) is 5.88. The molecule has 1 atom stereocenters. The zero-order chi connectivity index (χ0) is 20.6. The van der Waals surface area contributed by atoms with Crippen molar-refractivity contribution >= 4 is 5.91 Å². The minimum Gasteiger partial charge on any atom is -0.484 e. The predicted molar refractivity (Wildman–Crippen MR) is 108 cm³/mol. The van der Waals surface area contributed by atoms with Gasteiger partial charge in [-0.1, -0.05) is 29.4 Å². The summed E-state index contributed by atoms with van der Waals surface area (Å²) in [6, 6.07) is 15.1. The van der Waals surface area contributed by atoms with Crippen molar-refractivity contribution in [2.24, 2.45) is 5.41 Å². The highest BCUT2D eigenvalue weighted by Crippen LogP contribution is 2.47.